The molecule has 0 aliphatic carbocycles. The van der Waals surface area contributed by atoms with Crippen molar-refractivity contribution in [1.29, 1.82) is 0 Å². The average molecular weight is 180 g/mol. The SMILES string of the molecule is O=C1CCCN1N1C(=O)C=CC1=O. The molecule has 68 valence electrons. The van der Waals surface area contributed by atoms with Crippen molar-refractivity contribution >= 4 is 17.7 Å². The second kappa shape index (κ2) is 2.69. The summed E-state index contributed by atoms with van der Waals surface area (Å²) in [6.07, 6.45) is 3.47. The molecule has 0 aromatic carbocycles. The first kappa shape index (κ1) is 7.97. The van der Waals surface area contributed by atoms with Crippen molar-refractivity contribution in [3.05, 3.63) is 12.2 Å². The highest BCUT2D eigenvalue weighted by Crippen LogP contribution is 2.16. The summed E-state index contributed by atoms with van der Waals surface area (Å²) in [6.45, 7) is 0.456. The molecule has 2 aliphatic rings. The summed E-state index contributed by atoms with van der Waals surface area (Å²) in [6, 6.07) is 0. The first-order valence-electron chi connectivity index (χ1n) is 4.06. The van der Waals surface area contributed by atoms with Crippen LogP contribution in [0.25, 0.3) is 0 Å². The maximum Gasteiger partial charge on any atom is 0.272 e. The Labute approximate surface area is 74.6 Å². The fraction of sp³-hybridized carbons (Fsp3) is 0.375. The van der Waals surface area contributed by atoms with Gasteiger partial charge in [-0.05, 0) is 6.42 Å². The van der Waals surface area contributed by atoms with Crippen LogP contribution < -0.4 is 0 Å². The van der Waals surface area contributed by atoms with Gasteiger partial charge in [0.15, 0.2) is 0 Å². The zero-order valence-electron chi connectivity index (χ0n) is 6.90. The normalized spacial score (nSPS) is 22.3. The van der Waals surface area contributed by atoms with Crippen LogP contribution in [0, 0.1) is 0 Å². The van der Waals surface area contributed by atoms with Gasteiger partial charge in [0.2, 0.25) is 5.91 Å². The first-order valence-corrected chi connectivity index (χ1v) is 4.06. The van der Waals surface area contributed by atoms with Crippen LogP contribution >= 0.6 is 0 Å². The summed E-state index contributed by atoms with van der Waals surface area (Å²) >= 11 is 0. The second-order valence-electron chi connectivity index (χ2n) is 2.94. The summed E-state index contributed by atoms with van der Waals surface area (Å²) in [5, 5.41) is 2.11. The molecular formula is C8H8N2O3. The number of hydrogen-bond acceptors (Lipinski definition) is 3. The Morgan fingerprint density at radius 1 is 1.08 bits per heavy atom. The zero-order chi connectivity index (χ0) is 9.42. The lowest BCUT2D eigenvalue weighted by Crippen LogP contribution is -2.46. The Morgan fingerprint density at radius 2 is 1.69 bits per heavy atom. The van der Waals surface area contributed by atoms with Crippen LogP contribution in [-0.2, 0) is 14.4 Å². The van der Waals surface area contributed by atoms with Crippen LogP contribution in [0.15, 0.2) is 12.2 Å². The van der Waals surface area contributed by atoms with Crippen LogP contribution in [0.4, 0.5) is 0 Å². The molecule has 0 aromatic rings. The lowest BCUT2D eigenvalue weighted by Gasteiger charge is -2.24. The van der Waals surface area contributed by atoms with Crippen LogP contribution in [-0.4, -0.2) is 34.3 Å². The largest absolute Gasteiger partial charge is 0.273 e. The maximum absolute atomic E-state index is 11.2. The molecule has 0 bridgehead atoms. The highest BCUT2D eigenvalue weighted by atomic mass is 16.2. The van der Waals surface area contributed by atoms with Crippen LogP contribution in [0.2, 0.25) is 0 Å². The number of rotatable bonds is 1. The predicted octanol–water partition coefficient (Wildman–Crippen LogP) is -0.551. The molecule has 0 aromatic heterocycles. The second-order valence-corrected chi connectivity index (χ2v) is 2.94. The summed E-state index contributed by atoms with van der Waals surface area (Å²) in [5.74, 6) is -1.02. The molecule has 2 rings (SSSR count). The minimum atomic E-state index is -0.430. The molecule has 3 amide bonds. The average Bonchev–Trinajstić information content (AvgIpc) is 2.60. The third-order valence-corrected chi connectivity index (χ3v) is 2.08. The number of hydrogen-bond donors (Lipinski definition) is 0. The Morgan fingerprint density at radius 3 is 2.15 bits per heavy atom. The van der Waals surface area contributed by atoms with Gasteiger partial charge in [-0.1, -0.05) is 0 Å². The van der Waals surface area contributed by atoms with Crippen LogP contribution in [0.1, 0.15) is 12.8 Å². The summed E-state index contributed by atoms with van der Waals surface area (Å²) in [4.78, 5) is 33.5. The van der Waals surface area contributed by atoms with Gasteiger partial charge in [-0.15, -0.1) is 0 Å². The van der Waals surface area contributed by atoms with E-state index in [-0.39, 0.29) is 5.91 Å². The maximum atomic E-state index is 11.2. The summed E-state index contributed by atoms with van der Waals surface area (Å²) < 4.78 is 0. The number of nitrogens with zero attached hydrogens (tertiary/aromatic N) is 2. The molecule has 5 heteroatoms. The van der Waals surface area contributed by atoms with Gasteiger partial charge in [0.1, 0.15) is 0 Å². The topological polar surface area (TPSA) is 57.7 Å². The third-order valence-electron chi connectivity index (χ3n) is 2.08. The van der Waals surface area contributed by atoms with E-state index in [2.05, 4.69) is 0 Å². The van der Waals surface area contributed by atoms with E-state index < -0.39 is 11.8 Å². The van der Waals surface area contributed by atoms with E-state index in [0.717, 1.165) is 5.01 Å². The van der Waals surface area contributed by atoms with Gasteiger partial charge in [-0.25, -0.2) is 5.01 Å². The summed E-state index contributed by atoms with van der Waals surface area (Å²) in [7, 11) is 0. The van der Waals surface area contributed by atoms with Crippen molar-refractivity contribution in [2.24, 2.45) is 0 Å². The predicted molar refractivity (Wildman–Crippen MR) is 41.9 cm³/mol. The molecule has 2 heterocycles. The van der Waals surface area contributed by atoms with E-state index in [1.165, 1.54) is 17.2 Å². The number of imide groups is 1. The van der Waals surface area contributed by atoms with Crippen molar-refractivity contribution in [2.45, 2.75) is 12.8 Å². The Kier molecular flexibility index (Phi) is 1.65. The Balaban J connectivity index is 2.21. The first-order chi connectivity index (χ1) is 6.20. The minimum Gasteiger partial charge on any atom is -0.273 e. The number of carbonyl (C=O) groups excluding carboxylic acids is 3. The van der Waals surface area contributed by atoms with Gasteiger partial charge < -0.3 is 0 Å². The molecule has 0 saturated carbocycles. The van der Waals surface area contributed by atoms with Crippen molar-refractivity contribution in [3.63, 3.8) is 0 Å². The molecule has 1 saturated heterocycles. The van der Waals surface area contributed by atoms with Crippen molar-refractivity contribution in [1.82, 2.24) is 10.0 Å². The number of hydrazine groups is 1. The van der Waals surface area contributed by atoms with E-state index in [1.807, 2.05) is 0 Å². The fourth-order valence-electron chi connectivity index (χ4n) is 1.48. The molecule has 2 aliphatic heterocycles. The van der Waals surface area contributed by atoms with Crippen LogP contribution in [0.3, 0.4) is 0 Å². The Bertz CT molecular complexity index is 303. The molecule has 0 atom stereocenters. The molecule has 13 heavy (non-hydrogen) atoms. The lowest BCUT2D eigenvalue weighted by atomic mass is 10.4. The minimum absolute atomic E-state index is 0.162. The van der Waals surface area contributed by atoms with E-state index >= 15 is 0 Å². The van der Waals surface area contributed by atoms with E-state index in [1.54, 1.807) is 0 Å². The number of amides is 3. The molecule has 0 N–H and O–H groups in total. The molecule has 1 fully saturated rings. The molecule has 0 radical (unpaired) electrons. The van der Waals surface area contributed by atoms with Crippen molar-refractivity contribution in [2.75, 3.05) is 6.54 Å². The fourth-order valence-corrected chi connectivity index (χ4v) is 1.48. The highest BCUT2D eigenvalue weighted by Gasteiger charge is 2.35. The van der Waals surface area contributed by atoms with Gasteiger partial charge in [0.25, 0.3) is 11.8 Å². The van der Waals surface area contributed by atoms with Gasteiger partial charge >= 0.3 is 0 Å². The molecule has 0 unspecified atom stereocenters. The smallest absolute Gasteiger partial charge is 0.272 e. The third kappa shape index (κ3) is 1.12. The van der Waals surface area contributed by atoms with Gasteiger partial charge in [0, 0.05) is 25.1 Å². The zero-order valence-corrected chi connectivity index (χ0v) is 6.90. The van der Waals surface area contributed by atoms with E-state index in [9.17, 15) is 14.4 Å². The highest BCUT2D eigenvalue weighted by molar-refractivity contribution is 6.13. The molecular weight excluding hydrogens is 172 g/mol. The van der Waals surface area contributed by atoms with Gasteiger partial charge in [-0.2, -0.15) is 5.01 Å². The monoisotopic (exact) mass is 180 g/mol. The number of carbonyl (C=O) groups is 3. The summed E-state index contributed by atoms with van der Waals surface area (Å²) in [5.41, 5.74) is 0. The Hall–Kier alpha value is -1.65. The van der Waals surface area contributed by atoms with Gasteiger partial charge in [0.05, 0.1) is 0 Å². The lowest BCUT2D eigenvalue weighted by molar-refractivity contribution is -0.163. The van der Waals surface area contributed by atoms with Crippen molar-refractivity contribution in [3.8, 4) is 0 Å². The molecule has 0 spiro atoms. The van der Waals surface area contributed by atoms with Gasteiger partial charge in [-0.3, -0.25) is 14.4 Å². The van der Waals surface area contributed by atoms with Crippen molar-refractivity contribution < 1.29 is 14.4 Å². The quantitative estimate of drug-likeness (QED) is 0.509. The van der Waals surface area contributed by atoms with E-state index in [0.29, 0.717) is 19.4 Å². The standard InChI is InChI=1S/C8H8N2O3/c11-6-2-1-5-9(6)10-7(12)3-4-8(10)13/h3-4H,1-2,5H2. The molecule has 5 nitrogen and oxygen atoms in total. The van der Waals surface area contributed by atoms with Crippen LogP contribution in [0.5, 0.6) is 0 Å². The van der Waals surface area contributed by atoms with E-state index in [4.69, 9.17) is 0 Å².